The van der Waals surface area contributed by atoms with E-state index in [1.165, 1.54) is 0 Å². The second-order valence-corrected chi connectivity index (χ2v) is 4.98. The maximum absolute atomic E-state index is 13.6. The normalized spacial score (nSPS) is 12.0. The van der Waals surface area contributed by atoms with Crippen molar-refractivity contribution in [3.8, 4) is 0 Å². The van der Waals surface area contributed by atoms with E-state index in [0.717, 1.165) is 5.56 Å². The molecule has 21 heavy (non-hydrogen) atoms. The summed E-state index contributed by atoms with van der Waals surface area (Å²) in [4.78, 5) is 12.0. The van der Waals surface area contributed by atoms with Gasteiger partial charge in [-0.05, 0) is 5.56 Å². The first-order valence-corrected chi connectivity index (χ1v) is 7.21. The summed E-state index contributed by atoms with van der Waals surface area (Å²) >= 11 is 3.24. The van der Waals surface area contributed by atoms with Crippen LogP contribution in [0.25, 0.3) is 0 Å². The van der Waals surface area contributed by atoms with Crippen LogP contribution in [0, 0.1) is 17.5 Å². The lowest BCUT2D eigenvalue weighted by Gasteiger charge is -2.17. The number of rotatable bonds is 4. The molecule has 2 aromatic carbocycles. The Morgan fingerprint density at radius 3 is 2.19 bits per heavy atom. The van der Waals surface area contributed by atoms with E-state index in [4.69, 9.17) is 0 Å². The molecule has 0 aliphatic heterocycles. The lowest BCUT2D eigenvalue weighted by Crippen LogP contribution is -2.31. The fraction of sp³-hybridized carbons (Fsp3) is 0.133. The Hall–Kier alpha value is -1.82. The van der Waals surface area contributed by atoms with Gasteiger partial charge in [0.2, 0.25) is 0 Å². The molecular weight excluding hydrogens is 347 g/mol. The molecule has 0 heterocycles. The highest BCUT2D eigenvalue weighted by molar-refractivity contribution is 9.09. The molecule has 6 heteroatoms. The Morgan fingerprint density at radius 2 is 1.67 bits per heavy atom. The number of nitrogens with one attached hydrogen (secondary N) is 1. The van der Waals surface area contributed by atoms with Crippen LogP contribution in [0.2, 0.25) is 0 Å². The monoisotopic (exact) mass is 357 g/mol. The third kappa shape index (κ3) is 3.64. The minimum absolute atomic E-state index is 0.368. The van der Waals surface area contributed by atoms with Crippen molar-refractivity contribution in [3.05, 3.63) is 71.0 Å². The standard InChI is InChI=1S/C15H11BrF3NO/c16-8-13(9-4-2-1-3-5-9)20-15(21)14-11(18)6-10(17)7-12(14)19/h1-7,13H,8H2,(H,20,21). The minimum Gasteiger partial charge on any atom is -0.344 e. The molecule has 0 saturated carbocycles. The molecule has 110 valence electrons. The first-order chi connectivity index (χ1) is 10.0. The van der Waals surface area contributed by atoms with Gasteiger partial charge in [-0.15, -0.1) is 0 Å². The summed E-state index contributed by atoms with van der Waals surface area (Å²) in [6.45, 7) is 0. The fourth-order valence-corrected chi connectivity index (χ4v) is 2.42. The Bertz CT molecular complexity index is 626. The lowest BCUT2D eigenvalue weighted by atomic mass is 10.1. The van der Waals surface area contributed by atoms with E-state index in [9.17, 15) is 18.0 Å². The zero-order valence-corrected chi connectivity index (χ0v) is 12.3. The van der Waals surface area contributed by atoms with Crippen molar-refractivity contribution < 1.29 is 18.0 Å². The number of benzene rings is 2. The van der Waals surface area contributed by atoms with Crippen LogP contribution >= 0.6 is 15.9 Å². The van der Waals surface area contributed by atoms with E-state index >= 15 is 0 Å². The van der Waals surface area contributed by atoms with Gasteiger partial charge in [0.15, 0.2) is 0 Å². The predicted octanol–water partition coefficient (Wildman–Crippen LogP) is 3.97. The van der Waals surface area contributed by atoms with Gasteiger partial charge in [0, 0.05) is 17.5 Å². The summed E-state index contributed by atoms with van der Waals surface area (Å²) in [5.74, 6) is -4.46. The second-order valence-electron chi connectivity index (χ2n) is 4.34. The number of hydrogen-bond donors (Lipinski definition) is 1. The van der Waals surface area contributed by atoms with Gasteiger partial charge in [0.1, 0.15) is 23.0 Å². The third-order valence-electron chi connectivity index (χ3n) is 2.90. The first kappa shape index (κ1) is 15.6. The van der Waals surface area contributed by atoms with Gasteiger partial charge in [-0.1, -0.05) is 46.3 Å². The number of carbonyl (C=O) groups excluding carboxylic acids is 1. The average molecular weight is 358 g/mol. The molecule has 0 aliphatic rings. The maximum Gasteiger partial charge on any atom is 0.257 e. The lowest BCUT2D eigenvalue weighted by molar-refractivity contribution is 0.0932. The summed E-state index contributed by atoms with van der Waals surface area (Å²) in [5, 5.41) is 2.88. The molecule has 1 N–H and O–H groups in total. The summed E-state index contributed by atoms with van der Waals surface area (Å²) in [6, 6.07) is 9.45. The molecule has 1 atom stereocenters. The van der Waals surface area contributed by atoms with Crippen molar-refractivity contribution in [3.63, 3.8) is 0 Å². The van der Waals surface area contributed by atoms with Crippen LogP contribution in [0.15, 0.2) is 42.5 Å². The molecule has 0 bridgehead atoms. The Morgan fingerprint density at radius 1 is 1.10 bits per heavy atom. The van der Waals surface area contributed by atoms with Gasteiger partial charge < -0.3 is 5.32 Å². The Labute approximate surface area is 128 Å². The van der Waals surface area contributed by atoms with E-state index in [-0.39, 0.29) is 0 Å². The number of amides is 1. The highest BCUT2D eigenvalue weighted by Crippen LogP contribution is 2.19. The van der Waals surface area contributed by atoms with Gasteiger partial charge in [-0.2, -0.15) is 0 Å². The number of carbonyl (C=O) groups is 1. The maximum atomic E-state index is 13.6. The van der Waals surface area contributed by atoms with Gasteiger partial charge in [0.25, 0.3) is 5.91 Å². The van der Waals surface area contributed by atoms with Gasteiger partial charge in [-0.3, -0.25) is 4.79 Å². The van der Waals surface area contributed by atoms with Crippen molar-refractivity contribution in [2.45, 2.75) is 6.04 Å². The summed E-state index contributed by atoms with van der Waals surface area (Å²) in [7, 11) is 0. The van der Waals surface area contributed by atoms with E-state index in [0.29, 0.717) is 17.5 Å². The topological polar surface area (TPSA) is 29.1 Å². The zero-order valence-electron chi connectivity index (χ0n) is 10.7. The average Bonchev–Trinajstić information content (AvgIpc) is 2.44. The van der Waals surface area contributed by atoms with Crippen molar-refractivity contribution in [1.82, 2.24) is 5.32 Å². The molecule has 2 rings (SSSR count). The van der Waals surface area contributed by atoms with Crippen LogP contribution in [0.5, 0.6) is 0 Å². The molecular formula is C15H11BrF3NO. The van der Waals surface area contributed by atoms with Crippen molar-refractivity contribution in [2.24, 2.45) is 0 Å². The minimum atomic E-state index is -1.23. The first-order valence-electron chi connectivity index (χ1n) is 6.09. The van der Waals surface area contributed by atoms with Crippen LogP contribution in [0.1, 0.15) is 22.0 Å². The van der Waals surface area contributed by atoms with Crippen LogP contribution < -0.4 is 5.32 Å². The molecule has 0 spiro atoms. The van der Waals surface area contributed by atoms with Crippen LogP contribution in [-0.4, -0.2) is 11.2 Å². The molecule has 2 aromatic rings. The Kier molecular flexibility index (Phi) is 5.01. The molecule has 0 aliphatic carbocycles. The van der Waals surface area contributed by atoms with Gasteiger partial charge in [0.05, 0.1) is 6.04 Å². The third-order valence-corrected chi connectivity index (χ3v) is 3.54. The van der Waals surface area contributed by atoms with E-state index in [2.05, 4.69) is 21.2 Å². The molecule has 0 aromatic heterocycles. The number of alkyl halides is 1. The molecule has 1 unspecified atom stereocenters. The van der Waals surface area contributed by atoms with Crippen molar-refractivity contribution in [1.29, 1.82) is 0 Å². The highest BCUT2D eigenvalue weighted by atomic mass is 79.9. The van der Waals surface area contributed by atoms with Crippen molar-refractivity contribution >= 4 is 21.8 Å². The quantitative estimate of drug-likeness (QED) is 0.824. The largest absolute Gasteiger partial charge is 0.344 e. The van der Waals surface area contributed by atoms with E-state index in [1.54, 1.807) is 24.3 Å². The second kappa shape index (κ2) is 6.76. The molecule has 1 amide bonds. The van der Waals surface area contributed by atoms with Crippen LogP contribution in [0.3, 0.4) is 0 Å². The summed E-state index contributed by atoms with van der Waals surface area (Å²) < 4.78 is 40.0. The number of hydrogen-bond acceptors (Lipinski definition) is 1. The van der Waals surface area contributed by atoms with Crippen LogP contribution in [0.4, 0.5) is 13.2 Å². The van der Waals surface area contributed by atoms with Crippen LogP contribution in [-0.2, 0) is 0 Å². The van der Waals surface area contributed by atoms with Gasteiger partial charge in [-0.25, -0.2) is 13.2 Å². The van der Waals surface area contributed by atoms with Gasteiger partial charge >= 0.3 is 0 Å². The zero-order chi connectivity index (χ0) is 15.4. The smallest absolute Gasteiger partial charge is 0.257 e. The summed E-state index contributed by atoms with van der Waals surface area (Å²) in [6.07, 6.45) is 0. The molecule has 0 fully saturated rings. The Balaban J connectivity index is 2.25. The van der Waals surface area contributed by atoms with E-state index in [1.807, 2.05) is 6.07 Å². The fourth-order valence-electron chi connectivity index (χ4n) is 1.89. The van der Waals surface area contributed by atoms with Crippen molar-refractivity contribution in [2.75, 3.05) is 5.33 Å². The summed E-state index contributed by atoms with van der Waals surface area (Å²) in [5.41, 5.74) is -0.0102. The van der Waals surface area contributed by atoms with E-state index < -0.39 is 35.0 Å². The SMILES string of the molecule is O=C(NC(CBr)c1ccccc1)c1c(F)cc(F)cc1F. The molecule has 0 radical (unpaired) electrons. The molecule has 0 saturated heterocycles. The number of halogens is 4. The highest BCUT2D eigenvalue weighted by Gasteiger charge is 2.22. The predicted molar refractivity (Wildman–Crippen MR) is 76.8 cm³/mol. The molecule has 2 nitrogen and oxygen atoms in total.